The molecule has 0 aromatic carbocycles. The first-order valence-corrected chi connectivity index (χ1v) is 9.84. The molecule has 0 rings (SSSR count). The van der Waals surface area contributed by atoms with Crippen molar-refractivity contribution >= 4 is 5.97 Å². The molecule has 132 valence electrons. The molecular weight excluding hydrogens is 272 g/mol. The summed E-state index contributed by atoms with van der Waals surface area (Å²) in [4.78, 5) is 12.8. The summed E-state index contributed by atoms with van der Waals surface area (Å²) in [6, 6.07) is 0. The van der Waals surface area contributed by atoms with E-state index in [2.05, 4.69) is 27.7 Å². The summed E-state index contributed by atoms with van der Waals surface area (Å²) in [7, 11) is 0. The molecule has 0 heterocycles. The smallest absolute Gasteiger partial charge is 0.312 e. The van der Waals surface area contributed by atoms with Gasteiger partial charge in [-0.3, -0.25) is 4.79 Å². The zero-order chi connectivity index (χ0) is 16.7. The Kier molecular flexibility index (Phi) is 13.7. The standard InChI is InChI=1S/C20H40O2/c1-5-9-13-14-17-20(15-10-6-2,16-11-7-3)19(21)22-18-12-8-4/h5-18H2,1-4H3. The molecule has 22 heavy (non-hydrogen) atoms. The van der Waals surface area contributed by atoms with E-state index in [4.69, 9.17) is 4.74 Å². The fourth-order valence-corrected chi connectivity index (χ4v) is 3.06. The zero-order valence-corrected chi connectivity index (χ0v) is 15.7. The number of carbonyl (C=O) groups is 1. The molecular formula is C20H40O2. The Bertz CT molecular complexity index is 252. The van der Waals surface area contributed by atoms with Crippen LogP contribution in [0.1, 0.15) is 111 Å². The van der Waals surface area contributed by atoms with Crippen LogP contribution in [0.3, 0.4) is 0 Å². The number of carbonyl (C=O) groups excluding carboxylic acids is 1. The maximum absolute atomic E-state index is 12.8. The zero-order valence-electron chi connectivity index (χ0n) is 15.7. The van der Waals surface area contributed by atoms with Crippen LogP contribution in [0.2, 0.25) is 0 Å². The Morgan fingerprint density at radius 1 is 0.682 bits per heavy atom. The minimum Gasteiger partial charge on any atom is -0.465 e. The van der Waals surface area contributed by atoms with Gasteiger partial charge >= 0.3 is 5.97 Å². The van der Waals surface area contributed by atoms with Crippen LogP contribution in [0.25, 0.3) is 0 Å². The highest BCUT2D eigenvalue weighted by Crippen LogP contribution is 2.38. The molecule has 0 radical (unpaired) electrons. The van der Waals surface area contributed by atoms with E-state index in [0.29, 0.717) is 6.61 Å². The molecule has 0 aliphatic carbocycles. The van der Waals surface area contributed by atoms with Crippen LogP contribution in [-0.2, 0) is 9.53 Å². The SMILES string of the molecule is CCCCCCC(CCCC)(CCCC)C(=O)OCCCC. The summed E-state index contributed by atoms with van der Waals surface area (Å²) in [5, 5.41) is 0. The van der Waals surface area contributed by atoms with Gasteiger partial charge in [-0.25, -0.2) is 0 Å². The number of esters is 1. The van der Waals surface area contributed by atoms with Crippen LogP contribution in [0.4, 0.5) is 0 Å². The van der Waals surface area contributed by atoms with Crippen molar-refractivity contribution in [3.8, 4) is 0 Å². The molecule has 0 aliphatic rings. The molecule has 2 nitrogen and oxygen atoms in total. The third-order valence-corrected chi connectivity index (χ3v) is 4.69. The Labute approximate surface area is 139 Å². The van der Waals surface area contributed by atoms with Crippen LogP contribution < -0.4 is 0 Å². The summed E-state index contributed by atoms with van der Waals surface area (Å²) >= 11 is 0. The molecule has 0 N–H and O–H groups in total. The summed E-state index contributed by atoms with van der Waals surface area (Å²) in [6.07, 6.45) is 14.7. The molecule has 0 fully saturated rings. The fourth-order valence-electron chi connectivity index (χ4n) is 3.06. The van der Waals surface area contributed by atoms with Crippen LogP contribution in [0.5, 0.6) is 0 Å². The van der Waals surface area contributed by atoms with E-state index in [1.807, 2.05) is 0 Å². The normalized spacial score (nSPS) is 11.6. The highest BCUT2D eigenvalue weighted by molar-refractivity contribution is 5.76. The molecule has 0 aromatic rings. The largest absolute Gasteiger partial charge is 0.465 e. The van der Waals surface area contributed by atoms with Gasteiger partial charge in [-0.2, -0.15) is 0 Å². The first kappa shape index (κ1) is 21.5. The van der Waals surface area contributed by atoms with Crippen LogP contribution in [0, 0.1) is 5.41 Å². The van der Waals surface area contributed by atoms with Crippen molar-refractivity contribution in [1.82, 2.24) is 0 Å². The van der Waals surface area contributed by atoms with Crippen molar-refractivity contribution in [3.63, 3.8) is 0 Å². The second-order valence-corrected chi connectivity index (χ2v) is 6.79. The quantitative estimate of drug-likeness (QED) is 0.249. The molecule has 0 aromatic heterocycles. The Morgan fingerprint density at radius 3 is 1.68 bits per heavy atom. The van der Waals surface area contributed by atoms with Crippen molar-refractivity contribution in [3.05, 3.63) is 0 Å². The molecule has 0 bridgehead atoms. The van der Waals surface area contributed by atoms with E-state index in [-0.39, 0.29) is 11.4 Å². The highest BCUT2D eigenvalue weighted by atomic mass is 16.5. The average molecular weight is 313 g/mol. The van der Waals surface area contributed by atoms with Crippen molar-refractivity contribution < 1.29 is 9.53 Å². The third kappa shape index (κ3) is 8.80. The van der Waals surface area contributed by atoms with Gasteiger partial charge in [0.15, 0.2) is 0 Å². The first-order chi connectivity index (χ1) is 10.7. The molecule has 2 heteroatoms. The van der Waals surface area contributed by atoms with Gasteiger partial charge in [-0.15, -0.1) is 0 Å². The Morgan fingerprint density at radius 2 is 1.18 bits per heavy atom. The van der Waals surface area contributed by atoms with Crippen molar-refractivity contribution in [2.75, 3.05) is 6.61 Å². The molecule has 0 unspecified atom stereocenters. The van der Waals surface area contributed by atoms with Crippen molar-refractivity contribution in [2.45, 2.75) is 111 Å². The van der Waals surface area contributed by atoms with E-state index in [1.165, 1.54) is 25.7 Å². The number of ether oxygens (including phenoxy) is 1. The van der Waals surface area contributed by atoms with Crippen LogP contribution in [-0.4, -0.2) is 12.6 Å². The lowest BCUT2D eigenvalue weighted by atomic mass is 9.74. The van der Waals surface area contributed by atoms with E-state index in [0.717, 1.165) is 57.8 Å². The van der Waals surface area contributed by atoms with E-state index in [9.17, 15) is 4.79 Å². The van der Waals surface area contributed by atoms with Crippen molar-refractivity contribution in [1.29, 1.82) is 0 Å². The molecule has 0 aliphatic heterocycles. The number of rotatable bonds is 15. The van der Waals surface area contributed by atoms with Gasteiger partial charge in [-0.05, 0) is 25.7 Å². The topological polar surface area (TPSA) is 26.3 Å². The minimum atomic E-state index is -0.201. The highest BCUT2D eigenvalue weighted by Gasteiger charge is 2.37. The van der Waals surface area contributed by atoms with Crippen molar-refractivity contribution in [2.24, 2.45) is 5.41 Å². The monoisotopic (exact) mass is 312 g/mol. The molecule has 0 spiro atoms. The molecule has 0 amide bonds. The van der Waals surface area contributed by atoms with E-state index >= 15 is 0 Å². The maximum atomic E-state index is 12.8. The third-order valence-electron chi connectivity index (χ3n) is 4.69. The van der Waals surface area contributed by atoms with Gasteiger partial charge in [0.1, 0.15) is 0 Å². The fraction of sp³-hybridized carbons (Fsp3) is 0.950. The second kappa shape index (κ2) is 14.1. The second-order valence-electron chi connectivity index (χ2n) is 6.79. The van der Waals surface area contributed by atoms with Gasteiger partial charge < -0.3 is 4.74 Å². The lowest BCUT2D eigenvalue weighted by Gasteiger charge is -2.32. The van der Waals surface area contributed by atoms with Gasteiger partial charge in [0.25, 0.3) is 0 Å². The van der Waals surface area contributed by atoms with Crippen LogP contribution >= 0.6 is 0 Å². The average Bonchev–Trinajstić information content (AvgIpc) is 2.53. The predicted octanol–water partition coefficient (Wildman–Crippen LogP) is 6.67. The molecule has 0 atom stereocenters. The van der Waals surface area contributed by atoms with Gasteiger partial charge in [0, 0.05) is 0 Å². The minimum absolute atomic E-state index is 0.0966. The molecule has 0 saturated heterocycles. The maximum Gasteiger partial charge on any atom is 0.312 e. The van der Waals surface area contributed by atoms with Crippen LogP contribution in [0.15, 0.2) is 0 Å². The Hall–Kier alpha value is -0.530. The summed E-state index contributed by atoms with van der Waals surface area (Å²) in [5.74, 6) is 0.0966. The van der Waals surface area contributed by atoms with Gasteiger partial charge in [0.2, 0.25) is 0 Å². The number of unbranched alkanes of at least 4 members (excludes halogenated alkanes) is 6. The van der Waals surface area contributed by atoms with Gasteiger partial charge in [0.05, 0.1) is 12.0 Å². The number of hydrogen-bond acceptors (Lipinski definition) is 2. The summed E-state index contributed by atoms with van der Waals surface area (Å²) in [6.45, 7) is 9.40. The van der Waals surface area contributed by atoms with Gasteiger partial charge in [-0.1, -0.05) is 85.5 Å². The molecule has 0 saturated carbocycles. The summed E-state index contributed by atoms with van der Waals surface area (Å²) in [5.41, 5.74) is -0.201. The van der Waals surface area contributed by atoms with E-state index < -0.39 is 0 Å². The lowest BCUT2D eigenvalue weighted by Crippen LogP contribution is -2.33. The first-order valence-electron chi connectivity index (χ1n) is 9.84. The summed E-state index contributed by atoms with van der Waals surface area (Å²) < 4.78 is 5.66. The Balaban J connectivity index is 4.77. The predicted molar refractivity (Wildman–Crippen MR) is 96.1 cm³/mol. The lowest BCUT2D eigenvalue weighted by molar-refractivity contribution is -0.158. The van der Waals surface area contributed by atoms with E-state index in [1.54, 1.807) is 0 Å². The number of hydrogen-bond donors (Lipinski definition) is 0.